The number of amides is 2. The molecular weight excluding hydrogens is 262 g/mol. The fraction of sp³-hybridized carbons (Fsp3) is 0.538. The third kappa shape index (κ3) is 4.93. The number of nitrogens with one attached hydrogen (secondary N) is 2. The van der Waals surface area contributed by atoms with Gasteiger partial charge >= 0.3 is 12.0 Å². The summed E-state index contributed by atoms with van der Waals surface area (Å²) in [5, 5.41) is 14.3. The maximum Gasteiger partial charge on any atom is 0.339 e. The Hall–Kier alpha value is -2.02. The van der Waals surface area contributed by atoms with E-state index in [2.05, 4.69) is 10.6 Å². The Labute approximate surface area is 117 Å². The molecule has 0 aliphatic carbocycles. The number of hydrogen-bond donors (Lipinski definition) is 3. The van der Waals surface area contributed by atoms with E-state index >= 15 is 0 Å². The van der Waals surface area contributed by atoms with E-state index in [0.717, 1.165) is 6.54 Å². The van der Waals surface area contributed by atoms with E-state index in [1.165, 1.54) is 6.07 Å². The molecule has 1 rings (SSSR count). The standard InChI is InChI=1S/C13H21N3O4/c1-8(7-16(3)4)15-13(19)14-6-10-5-11(12(17)18)9(2)20-10/h5,8H,6-7H2,1-4H3,(H,17,18)(H2,14,15,19). The van der Waals surface area contributed by atoms with Crippen molar-refractivity contribution in [2.45, 2.75) is 26.4 Å². The molecule has 0 saturated carbocycles. The predicted molar refractivity (Wildman–Crippen MR) is 73.8 cm³/mol. The van der Waals surface area contributed by atoms with Crippen molar-refractivity contribution < 1.29 is 19.1 Å². The Morgan fingerprint density at radius 3 is 2.60 bits per heavy atom. The molecule has 0 aromatic carbocycles. The molecule has 0 saturated heterocycles. The van der Waals surface area contributed by atoms with Crippen LogP contribution in [-0.2, 0) is 6.54 Å². The average Bonchev–Trinajstić information content (AvgIpc) is 2.66. The molecule has 0 fully saturated rings. The normalized spacial score (nSPS) is 12.2. The molecule has 112 valence electrons. The van der Waals surface area contributed by atoms with Gasteiger partial charge < -0.3 is 25.1 Å². The summed E-state index contributed by atoms with van der Waals surface area (Å²) < 4.78 is 5.26. The zero-order chi connectivity index (χ0) is 15.3. The van der Waals surface area contributed by atoms with Gasteiger partial charge in [-0.3, -0.25) is 0 Å². The van der Waals surface area contributed by atoms with E-state index in [0.29, 0.717) is 11.5 Å². The van der Waals surface area contributed by atoms with E-state index in [9.17, 15) is 9.59 Å². The molecule has 7 heteroatoms. The number of carboxylic acid groups (broad SMARTS) is 1. The van der Waals surface area contributed by atoms with Crippen molar-refractivity contribution in [3.63, 3.8) is 0 Å². The van der Waals surface area contributed by atoms with Gasteiger partial charge in [0.1, 0.15) is 17.1 Å². The second kappa shape index (κ2) is 6.95. The van der Waals surface area contributed by atoms with Crippen LogP contribution in [0.5, 0.6) is 0 Å². The van der Waals surface area contributed by atoms with Crippen LogP contribution in [0.3, 0.4) is 0 Å². The fourth-order valence-corrected chi connectivity index (χ4v) is 1.88. The van der Waals surface area contributed by atoms with Crippen LogP contribution in [-0.4, -0.2) is 48.7 Å². The van der Waals surface area contributed by atoms with Crippen molar-refractivity contribution in [1.29, 1.82) is 0 Å². The van der Waals surface area contributed by atoms with Gasteiger partial charge in [-0.25, -0.2) is 9.59 Å². The molecule has 1 aromatic heterocycles. The van der Waals surface area contributed by atoms with E-state index < -0.39 is 5.97 Å². The number of hydrogen-bond acceptors (Lipinski definition) is 4. The monoisotopic (exact) mass is 283 g/mol. The Balaban J connectivity index is 2.45. The van der Waals surface area contributed by atoms with Crippen LogP contribution < -0.4 is 10.6 Å². The summed E-state index contributed by atoms with van der Waals surface area (Å²) in [5.74, 6) is -0.299. The van der Waals surface area contributed by atoms with Gasteiger partial charge in [0.25, 0.3) is 0 Å². The van der Waals surface area contributed by atoms with Gasteiger partial charge in [0.15, 0.2) is 0 Å². The number of rotatable bonds is 6. The van der Waals surface area contributed by atoms with Crippen LogP contribution in [0.1, 0.15) is 28.8 Å². The van der Waals surface area contributed by atoms with E-state index in [1.54, 1.807) is 6.92 Å². The number of aryl methyl sites for hydroxylation is 1. The van der Waals surface area contributed by atoms with Gasteiger partial charge in [0, 0.05) is 12.6 Å². The maximum atomic E-state index is 11.6. The molecular formula is C13H21N3O4. The van der Waals surface area contributed by atoms with Crippen molar-refractivity contribution in [1.82, 2.24) is 15.5 Å². The van der Waals surface area contributed by atoms with Crippen molar-refractivity contribution in [3.8, 4) is 0 Å². The Kier molecular flexibility index (Phi) is 5.57. The van der Waals surface area contributed by atoms with E-state index in [4.69, 9.17) is 9.52 Å². The number of nitrogens with zero attached hydrogens (tertiary/aromatic N) is 1. The molecule has 0 radical (unpaired) electrons. The molecule has 0 aliphatic rings. The number of furan rings is 1. The van der Waals surface area contributed by atoms with Crippen LogP contribution in [0.2, 0.25) is 0 Å². The second-order valence-corrected chi connectivity index (χ2v) is 4.98. The number of carbonyl (C=O) groups is 2. The summed E-state index contributed by atoms with van der Waals surface area (Å²) >= 11 is 0. The van der Waals surface area contributed by atoms with Gasteiger partial charge in [0.2, 0.25) is 0 Å². The molecule has 0 spiro atoms. The fourth-order valence-electron chi connectivity index (χ4n) is 1.88. The number of carboxylic acids is 1. The predicted octanol–water partition coefficient (Wildman–Crippen LogP) is 1.04. The molecule has 1 atom stereocenters. The summed E-state index contributed by atoms with van der Waals surface area (Å²) in [5.41, 5.74) is 0.114. The average molecular weight is 283 g/mol. The van der Waals surface area contributed by atoms with Gasteiger partial charge in [-0.15, -0.1) is 0 Å². The first-order chi connectivity index (χ1) is 9.29. The summed E-state index contributed by atoms with van der Waals surface area (Å²) in [4.78, 5) is 24.5. The maximum absolute atomic E-state index is 11.6. The van der Waals surface area contributed by atoms with Crippen molar-refractivity contribution in [2.24, 2.45) is 0 Å². The van der Waals surface area contributed by atoms with Crippen LogP contribution >= 0.6 is 0 Å². The van der Waals surface area contributed by atoms with Crippen LogP contribution in [0.4, 0.5) is 4.79 Å². The third-order valence-electron chi connectivity index (χ3n) is 2.64. The molecule has 2 amide bonds. The van der Waals surface area contributed by atoms with E-state index in [-0.39, 0.29) is 24.2 Å². The smallest absolute Gasteiger partial charge is 0.339 e. The minimum Gasteiger partial charge on any atom is -0.478 e. The summed E-state index contributed by atoms with van der Waals surface area (Å²) in [7, 11) is 3.85. The number of urea groups is 1. The molecule has 20 heavy (non-hydrogen) atoms. The zero-order valence-electron chi connectivity index (χ0n) is 12.2. The molecule has 1 heterocycles. The molecule has 1 unspecified atom stereocenters. The van der Waals surface area contributed by atoms with Gasteiger partial charge in [-0.1, -0.05) is 0 Å². The number of carbonyl (C=O) groups excluding carboxylic acids is 1. The lowest BCUT2D eigenvalue weighted by molar-refractivity contribution is 0.0695. The topological polar surface area (TPSA) is 94.8 Å². The molecule has 3 N–H and O–H groups in total. The van der Waals surface area contributed by atoms with Gasteiger partial charge in [0.05, 0.1) is 6.54 Å². The highest BCUT2D eigenvalue weighted by molar-refractivity contribution is 5.88. The van der Waals surface area contributed by atoms with Crippen LogP contribution in [0, 0.1) is 6.92 Å². The Bertz CT molecular complexity index is 482. The number of likely N-dealkylation sites (N-methyl/N-ethyl adjacent to an activating group) is 1. The number of aromatic carboxylic acids is 1. The molecule has 1 aromatic rings. The van der Waals surface area contributed by atoms with Gasteiger partial charge in [-0.2, -0.15) is 0 Å². The van der Waals surface area contributed by atoms with Crippen LogP contribution in [0.25, 0.3) is 0 Å². The molecule has 0 aliphatic heterocycles. The van der Waals surface area contributed by atoms with Crippen LogP contribution in [0.15, 0.2) is 10.5 Å². The second-order valence-electron chi connectivity index (χ2n) is 4.98. The van der Waals surface area contributed by atoms with E-state index in [1.807, 2.05) is 25.9 Å². The highest BCUT2D eigenvalue weighted by Gasteiger charge is 2.14. The molecule has 7 nitrogen and oxygen atoms in total. The van der Waals surface area contributed by atoms with Crippen molar-refractivity contribution in [2.75, 3.05) is 20.6 Å². The van der Waals surface area contributed by atoms with Crippen molar-refractivity contribution in [3.05, 3.63) is 23.2 Å². The largest absolute Gasteiger partial charge is 0.478 e. The first-order valence-corrected chi connectivity index (χ1v) is 6.31. The minimum atomic E-state index is -1.04. The van der Waals surface area contributed by atoms with Crippen molar-refractivity contribution >= 4 is 12.0 Å². The lowest BCUT2D eigenvalue weighted by atomic mass is 10.2. The first-order valence-electron chi connectivity index (χ1n) is 6.31. The highest BCUT2D eigenvalue weighted by Crippen LogP contribution is 2.14. The first kappa shape index (κ1) is 16.0. The highest BCUT2D eigenvalue weighted by atomic mass is 16.4. The SMILES string of the molecule is Cc1oc(CNC(=O)NC(C)CN(C)C)cc1C(=O)O. The third-order valence-corrected chi connectivity index (χ3v) is 2.64. The summed E-state index contributed by atoms with van der Waals surface area (Å²) in [6.45, 7) is 4.36. The minimum absolute atomic E-state index is 0.0120. The lowest BCUT2D eigenvalue weighted by Gasteiger charge is -2.18. The Morgan fingerprint density at radius 1 is 1.45 bits per heavy atom. The molecule has 0 bridgehead atoms. The lowest BCUT2D eigenvalue weighted by Crippen LogP contribution is -2.44. The quantitative estimate of drug-likeness (QED) is 0.725. The Morgan fingerprint density at radius 2 is 2.10 bits per heavy atom. The summed E-state index contributed by atoms with van der Waals surface area (Å²) in [6, 6.07) is 1.12. The summed E-state index contributed by atoms with van der Waals surface area (Å²) in [6.07, 6.45) is 0. The van der Waals surface area contributed by atoms with Gasteiger partial charge in [-0.05, 0) is 34.0 Å². The zero-order valence-corrected chi connectivity index (χ0v) is 12.2.